The first-order valence-corrected chi connectivity index (χ1v) is 8.87. The number of halogens is 1. The van der Waals surface area contributed by atoms with E-state index in [1.165, 1.54) is 17.7 Å². The van der Waals surface area contributed by atoms with Gasteiger partial charge in [0.15, 0.2) is 0 Å². The van der Waals surface area contributed by atoms with Gasteiger partial charge in [0.05, 0.1) is 6.20 Å². The second kappa shape index (κ2) is 7.90. The quantitative estimate of drug-likeness (QED) is 0.883. The van der Waals surface area contributed by atoms with E-state index in [0.717, 1.165) is 38.2 Å². The summed E-state index contributed by atoms with van der Waals surface area (Å²) in [4.78, 5) is 2.35. The van der Waals surface area contributed by atoms with Gasteiger partial charge in [-0.2, -0.15) is 5.10 Å². The summed E-state index contributed by atoms with van der Waals surface area (Å²) in [6, 6.07) is 7.54. The Bertz CT molecular complexity index is 667. The van der Waals surface area contributed by atoms with Gasteiger partial charge >= 0.3 is 0 Å². The molecule has 1 fully saturated rings. The second-order valence-electron chi connectivity index (χ2n) is 6.62. The molecule has 0 bridgehead atoms. The fraction of sp³-hybridized carbons (Fsp3) is 0.526. The van der Waals surface area contributed by atoms with Gasteiger partial charge in [-0.15, -0.1) is 0 Å². The van der Waals surface area contributed by atoms with Crippen molar-refractivity contribution < 1.29 is 4.39 Å². The average Bonchev–Trinajstić information content (AvgIpc) is 2.95. The van der Waals surface area contributed by atoms with Crippen LogP contribution in [0, 0.1) is 12.7 Å². The highest BCUT2D eigenvalue weighted by Gasteiger charge is 2.20. The first-order chi connectivity index (χ1) is 11.7. The van der Waals surface area contributed by atoms with E-state index in [0.29, 0.717) is 12.6 Å². The maximum Gasteiger partial charge on any atom is 0.127 e. The third-order valence-corrected chi connectivity index (χ3v) is 4.94. The van der Waals surface area contributed by atoms with Crippen LogP contribution >= 0.6 is 0 Å². The van der Waals surface area contributed by atoms with E-state index in [1.54, 1.807) is 12.1 Å². The Kier molecular flexibility index (Phi) is 5.63. The molecule has 130 valence electrons. The van der Waals surface area contributed by atoms with Gasteiger partial charge in [0.25, 0.3) is 0 Å². The maximum absolute atomic E-state index is 13.8. The van der Waals surface area contributed by atoms with Crippen molar-refractivity contribution in [2.45, 2.75) is 52.4 Å². The summed E-state index contributed by atoms with van der Waals surface area (Å²) in [6.07, 6.45) is 4.29. The molecule has 4 nitrogen and oxygen atoms in total. The first-order valence-electron chi connectivity index (χ1n) is 8.87. The number of piperidine rings is 1. The molecule has 24 heavy (non-hydrogen) atoms. The highest BCUT2D eigenvalue weighted by atomic mass is 19.1. The summed E-state index contributed by atoms with van der Waals surface area (Å²) in [5.41, 5.74) is 3.30. The predicted molar refractivity (Wildman–Crippen MR) is 94.2 cm³/mol. The minimum absolute atomic E-state index is 0.102. The van der Waals surface area contributed by atoms with Crippen LogP contribution in [0.25, 0.3) is 0 Å². The maximum atomic E-state index is 13.8. The Balaban J connectivity index is 1.54. The largest absolute Gasteiger partial charge is 0.309 e. The van der Waals surface area contributed by atoms with Crippen LogP contribution in [0.15, 0.2) is 30.5 Å². The van der Waals surface area contributed by atoms with Gasteiger partial charge < -0.3 is 5.32 Å². The minimum Gasteiger partial charge on any atom is -0.309 e. The van der Waals surface area contributed by atoms with Crippen LogP contribution in [-0.2, 0) is 19.6 Å². The highest BCUT2D eigenvalue weighted by Crippen LogP contribution is 2.16. The number of aryl methyl sites for hydroxylation is 1. The molecule has 2 aromatic rings. The summed E-state index contributed by atoms with van der Waals surface area (Å²) < 4.78 is 15.9. The van der Waals surface area contributed by atoms with Crippen LogP contribution in [-0.4, -0.2) is 33.8 Å². The molecule has 1 saturated heterocycles. The van der Waals surface area contributed by atoms with E-state index < -0.39 is 0 Å². The normalized spacial score (nSPS) is 18.9. The summed E-state index contributed by atoms with van der Waals surface area (Å²) in [7, 11) is 0. The van der Waals surface area contributed by atoms with Gasteiger partial charge in [0.2, 0.25) is 0 Å². The molecule has 0 spiro atoms. The smallest absolute Gasteiger partial charge is 0.127 e. The van der Waals surface area contributed by atoms with E-state index in [1.807, 2.05) is 23.0 Å². The highest BCUT2D eigenvalue weighted by molar-refractivity contribution is 5.17. The monoisotopic (exact) mass is 330 g/mol. The number of rotatable bonds is 6. The summed E-state index contributed by atoms with van der Waals surface area (Å²) in [5, 5.41) is 8.06. The summed E-state index contributed by atoms with van der Waals surface area (Å²) in [5.74, 6) is -0.102. The van der Waals surface area contributed by atoms with Crippen molar-refractivity contribution in [3.8, 4) is 0 Å². The van der Waals surface area contributed by atoms with Gasteiger partial charge in [-0.1, -0.05) is 18.2 Å². The number of aromatic nitrogens is 2. The average molecular weight is 330 g/mol. The lowest BCUT2D eigenvalue weighted by Crippen LogP contribution is -2.45. The van der Waals surface area contributed by atoms with Gasteiger partial charge in [0, 0.05) is 49.0 Å². The Hall–Kier alpha value is -1.72. The minimum atomic E-state index is -0.102. The third-order valence-electron chi connectivity index (χ3n) is 4.94. The SMILES string of the molecule is CCn1ncc(CNC2CCCN(Cc3ccccc3F)C2)c1C. The van der Waals surface area contributed by atoms with Crippen molar-refractivity contribution in [2.24, 2.45) is 0 Å². The van der Waals surface area contributed by atoms with Crippen molar-refractivity contribution >= 4 is 0 Å². The van der Waals surface area contributed by atoms with Crippen molar-refractivity contribution in [3.63, 3.8) is 0 Å². The Labute approximate surface area is 143 Å². The molecule has 0 amide bonds. The van der Waals surface area contributed by atoms with Gasteiger partial charge in [-0.25, -0.2) is 4.39 Å². The molecular weight excluding hydrogens is 303 g/mol. The van der Waals surface area contributed by atoms with E-state index in [4.69, 9.17) is 0 Å². The number of hydrogen-bond donors (Lipinski definition) is 1. The van der Waals surface area contributed by atoms with Crippen LogP contribution in [0.3, 0.4) is 0 Å². The third kappa shape index (κ3) is 4.02. The topological polar surface area (TPSA) is 33.1 Å². The van der Waals surface area contributed by atoms with Gasteiger partial charge in [-0.05, 0) is 39.3 Å². The number of nitrogens with one attached hydrogen (secondary N) is 1. The number of benzene rings is 1. The van der Waals surface area contributed by atoms with Crippen LogP contribution < -0.4 is 5.32 Å². The molecule has 1 aliphatic rings. The Morgan fingerprint density at radius 3 is 2.88 bits per heavy atom. The Morgan fingerprint density at radius 2 is 2.12 bits per heavy atom. The molecule has 1 aromatic carbocycles. The van der Waals surface area contributed by atoms with Crippen molar-refractivity contribution in [2.75, 3.05) is 13.1 Å². The molecule has 5 heteroatoms. The zero-order valence-corrected chi connectivity index (χ0v) is 14.6. The van der Waals surface area contributed by atoms with Crippen LogP contribution in [0.4, 0.5) is 4.39 Å². The van der Waals surface area contributed by atoms with Gasteiger partial charge in [-0.3, -0.25) is 9.58 Å². The predicted octanol–water partition coefficient (Wildman–Crippen LogP) is 3.10. The summed E-state index contributed by atoms with van der Waals surface area (Å²) >= 11 is 0. The number of likely N-dealkylation sites (tertiary alicyclic amines) is 1. The molecule has 2 heterocycles. The lowest BCUT2D eigenvalue weighted by molar-refractivity contribution is 0.181. The molecule has 3 rings (SSSR count). The zero-order chi connectivity index (χ0) is 16.9. The van der Waals surface area contributed by atoms with E-state index in [-0.39, 0.29) is 5.82 Å². The Morgan fingerprint density at radius 1 is 1.29 bits per heavy atom. The summed E-state index contributed by atoms with van der Waals surface area (Å²) in [6.45, 7) is 8.69. The van der Waals surface area contributed by atoms with E-state index in [2.05, 4.69) is 29.2 Å². The molecule has 1 N–H and O–H groups in total. The van der Waals surface area contributed by atoms with Crippen molar-refractivity contribution in [1.82, 2.24) is 20.0 Å². The number of hydrogen-bond acceptors (Lipinski definition) is 3. The fourth-order valence-corrected chi connectivity index (χ4v) is 3.47. The molecule has 1 aromatic heterocycles. The van der Waals surface area contributed by atoms with E-state index in [9.17, 15) is 4.39 Å². The zero-order valence-electron chi connectivity index (χ0n) is 14.6. The molecule has 0 aliphatic carbocycles. The molecule has 0 saturated carbocycles. The van der Waals surface area contributed by atoms with Gasteiger partial charge in [0.1, 0.15) is 5.82 Å². The van der Waals surface area contributed by atoms with Crippen molar-refractivity contribution in [3.05, 3.63) is 53.1 Å². The molecule has 0 radical (unpaired) electrons. The van der Waals surface area contributed by atoms with Crippen LogP contribution in [0.5, 0.6) is 0 Å². The standard InChI is InChI=1S/C19H27FN4/c1-3-24-15(2)17(12-22-24)11-21-18-8-6-10-23(14-18)13-16-7-4-5-9-19(16)20/h4-5,7,9,12,18,21H,3,6,8,10-11,13-14H2,1-2H3. The first kappa shape index (κ1) is 17.1. The lowest BCUT2D eigenvalue weighted by atomic mass is 10.0. The lowest BCUT2D eigenvalue weighted by Gasteiger charge is -2.33. The molecular formula is C19H27FN4. The van der Waals surface area contributed by atoms with Crippen molar-refractivity contribution in [1.29, 1.82) is 0 Å². The number of nitrogens with zero attached hydrogens (tertiary/aromatic N) is 3. The molecule has 1 aliphatic heterocycles. The fourth-order valence-electron chi connectivity index (χ4n) is 3.47. The van der Waals surface area contributed by atoms with E-state index >= 15 is 0 Å². The second-order valence-corrected chi connectivity index (χ2v) is 6.62. The molecule has 1 unspecified atom stereocenters. The van der Waals surface area contributed by atoms with Crippen LogP contribution in [0.1, 0.15) is 36.6 Å². The van der Waals surface area contributed by atoms with Crippen LogP contribution in [0.2, 0.25) is 0 Å². The molecule has 1 atom stereocenters.